The van der Waals surface area contributed by atoms with Crippen molar-refractivity contribution in [3.63, 3.8) is 0 Å². The van der Waals surface area contributed by atoms with Gasteiger partial charge < -0.3 is 19.7 Å². The Balaban J connectivity index is 1.26. The molecule has 2 saturated heterocycles. The molecule has 0 radical (unpaired) electrons. The van der Waals surface area contributed by atoms with E-state index < -0.39 is 5.82 Å². The Hall–Kier alpha value is -3.17. The van der Waals surface area contributed by atoms with Crippen molar-refractivity contribution in [2.45, 2.75) is 13.0 Å². The maximum atomic E-state index is 14.0. The number of aryl methyl sites for hydroxylation is 1. The van der Waals surface area contributed by atoms with Gasteiger partial charge >= 0.3 is 0 Å². The molecule has 9 heteroatoms. The predicted octanol–water partition coefficient (Wildman–Crippen LogP) is 2.99. The minimum absolute atomic E-state index is 0.196. The lowest BCUT2D eigenvalue weighted by Crippen LogP contribution is -2.61. The molecule has 1 aromatic heterocycles. The van der Waals surface area contributed by atoms with Crippen LogP contribution in [0.5, 0.6) is 5.75 Å². The predicted molar refractivity (Wildman–Crippen MR) is 121 cm³/mol. The van der Waals surface area contributed by atoms with Crippen molar-refractivity contribution in [1.29, 1.82) is 0 Å². The number of hydrogen-bond acceptors (Lipinski definition) is 7. The van der Waals surface area contributed by atoms with Crippen molar-refractivity contribution in [3.05, 3.63) is 54.1 Å². The zero-order valence-corrected chi connectivity index (χ0v) is 18.3. The summed E-state index contributed by atoms with van der Waals surface area (Å²) in [6.07, 6.45) is 1.56. The van der Waals surface area contributed by atoms with Gasteiger partial charge in [-0.25, -0.2) is 9.07 Å². The molecule has 32 heavy (non-hydrogen) atoms. The second-order valence-electron chi connectivity index (χ2n) is 8.22. The molecule has 8 nitrogen and oxygen atoms in total. The number of nitrogens with zero attached hydrogens (tertiary/aromatic N) is 5. The van der Waals surface area contributed by atoms with Gasteiger partial charge in [0.05, 0.1) is 26.0 Å². The molecule has 168 valence electrons. The Morgan fingerprint density at radius 3 is 2.66 bits per heavy atom. The van der Waals surface area contributed by atoms with Crippen LogP contribution in [0.1, 0.15) is 5.56 Å². The summed E-state index contributed by atoms with van der Waals surface area (Å²) >= 11 is 0. The zero-order valence-electron chi connectivity index (χ0n) is 18.3. The van der Waals surface area contributed by atoms with Crippen molar-refractivity contribution in [2.75, 3.05) is 56.7 Å². The van der Waals surface area contributed by atoms with Crippen LogP contribution in [0, 0.1) is 12.7 Å². The summed E-state index contributed by atoms with van der Waals surface area (Å²) in [5.41, 5.74) is 3.85. The quantitative estimate of drug-likeness (QED) is 0.635. The number of aromatic nitrogens is 3. The Bertz CT molecular complexity index is 1090. The van der Waals surface area contributed by atoms with Gasteiger partial charge in [0.1, 0.15) is 6.33 Å². The monoisotopic (exact) mass is 438 g/mol. The number of nitrogens with one attached hydrogen (secondary N) is 1. The highest BCUT2D eigenvalue weighted by Crippen LogP contribution is 2.29. The zero-order chi connectivity index (χ0) is 22.1. The summed E-state index contributed by atoms with van der Waals surface area (Å²) in [5.74, 6) is 0.206. The van der Waals surface area contributed by atoms with Crippen molar-refractivity contribution in [2.24, 2.45) is 0 Å². The topological polar surface area (TPSA) is 67.7 Å². The Morgan fingerprint density at radius 2 is 1.91 bits per heavy atom. The van der Waals surface area contributed by atoms with Gasteiger partial charge in [0, 0.05) is 49.7 Å². The smallest absolute Gasteiger partial charge is 0.246 e. The fourth-order valence-corrected chi connectivity index (χ4v) is 4.23. The van der Waals surface area contributed by atoms with E-state index >= 15 is 0 Å². The number of halogens is 1. The number of ether oxygens (including phenoxy) is 2. The van der Waals surface area contributed by atoms with Gasteiger partial charge in [0.25, 0.3) is 0 Å². The molecule has 0 aliphatic carbocycles. The van der Waals surface area contributed by atoms with Crippen molar-refractivity contribution in [1.82, 2.24) is 19.7 Å². The Morgan fingerprint density at radius 1 is 1.09 bits per heavy atom. The molecule has 2 aliphatic heterocycles. The third-order valence-corrected chi connectivity index (χ3v) is 6.00. The van der Waals surface area contributed by atoms with Crippen LogP contribution in [-0.4, -0.2) is 72.2 Å². The van der Waals surface area contributed by atoms with Gasteiger partial charge in [0.15, 0.2) is 11.6 Å². The van der Waals surface area contributed by atoms with Crippen molar-refractivity contribution < 1.29 is 13.9 Å². The van der Waals surface area contributed by atoms with Crippen LogP contribution in [0.25, 0.3) is 5.69 Å². The van der Waals surface area contributed by atoms with Crippen LogP contribution in [0.2, 0.25) is 0 Å². The van der Waals surface area contributed by atoms with E-state index in [0.29, 0.717) is 17.7 Å². The molecule has 0 bridgehead atoms. The lowest BCUT2D eigenvalue weighted by molar-refractivity contribution is 0.0105. The molecule has 3 heterocycles. The normalized spacial score (nSPS) is 17.3. The first-order chi connectivity index (χ1) is 15.6. The minimum atomic E-state index is -0.441. The molecule has 3 aromatic rings. The largest absolute Gasteiger partial charge is 0.494 e. The van der Waals surface area contributed by atoms with Gasteiger partial charge in [-0.1, -0.05) is 0 Å². The first kappa shape index (κ1) is 20.7. The molecular formula is C23H27FN6O2. The van der Waals surface area contributed by atoms with Gasteiger partial charge in [-0.2, -0.15) is 4.98 Å². The van der Waals surface area contributed by atoms with Crippen LogP contribution in [-0.2, 0) is 4.74 Å². The minimum Gasteiger partial charge on any atom is -0.494 e. The molecule has 0 unspecified atom stereocenters. The van der Waals surface area contributed by atoms with E-state index in [2.05, 4.69) is 50.3 Å². The second kappa shape index (κ2) is 8.76. The third-order valence-electron chi connectivity index (χ3n) is 6.00. The maximum Gasteiger partial charge on any atom is 0.246 e. The highest BCUT2D eigenvalue weighted by Gasteiger charge is 2.32. The molecule has 1 N–H and O–H groups in total. The van der Waals surface area contributed by atoms with Gasteiger partial charge in [-0.3, -0.25) is 4.90 Å². The van der Waals surface area contributed by atoms with E-state index in [1.54, 1.807) is 18.5 Å². The maximum absolute atomic E-state index is 14.0. The molecule has 0 atom stereocenters. The summed E-state index contributed by atoms with van der Waals surface area (Å²) in [6.45, 7) is 7.84. The number of rotatable bonds is 6. The van der Waals surface area contributed by atoms with Crippen molar-refractivity contribution >= 4 is 17.3 Å². The first-order valence-electron chi connectivity index (χ1n) is 10.8. The van der Waals surface area contributed by atoms with Crippen LogP contribution in [0.4, 0.5) is 21.7 Å². The van der Waals surface area contributed by atoms with Crippen LogP contribution >= 0.6 is 0 Å². The summed E-state index contributed by atoms with van der Waals surface area (Å²) in [6, 6.07) is 11.7. The molecule has 5 rings (SSSR count). The molecule has 2 aliphatic rings. The van der Waals surface area contributed by atoms with E-state index in [9.17, 15) is 4.39 Å². The molecule has 0 spiro atoms. The third kappa shape index (κ3) is 4.26. The molecule has 0 saturated carbocycles. The van der Waals surface area contributed by atoms with Gasteiger partial charge in [0.2, 0.25) is 5.95 Å². The summed E-state index contributed by atoms with van der Waals surface area (Å²) in [5, 5.41) is 7.71. The van der Waals surface area contributed by atoms with Gasteiger partial charge in [-0.15, -0.1) is 5.10 Å². The Kier molecular flexibility index (Phi) is 5.67. The SMILES string of the molecule is COc1ccc(-n2cnc(Nc3cc(C)cc(N4CC(N5CCOCC5)C4)c3)n2)cc1F. The van der Waals surface area contributed by atoms with E-state index in [4.69, 9.17) is 9.47 Å². The number of anilines is 3. The first-order valence-corrected chi connectivity index (χ1v) is 10.8. The number of morpholine rings is 1. The van der Waals surface area contributed by atoms with E-state index in [0.717, 1.165) is 50.6 Å². The van der Waals surface area contributed by atoms with E-state index in [1.165, 1.54) is 23.5 Å². The average Bonchev–Trinajstić information content (AvgIpc) is 3.21. The summed E-state index contributed by atoms with van der Waals surface area (Å²) in [7, 11) is 1.44. The lowest BCUT2D eigenvalue weighted by atomic mass is 10.0. The number of methoxy groups -OCH3 is 1. The molecule has 2 fully saturated rings. The highest BCUT2D eigenvalue weighted by molar-refractivity contribution is 5.65. The van der Waals surface area contributed by atoms with Crippen LogP contribution in [0.3, 0.4) is 0 Å². The van der Waals surface area contributed by atoms with Crippen LogP contribution in [0.15, 0.2) is 42.7 Å². The molecular weight excluding hydrogens is 411 g/mol. The standard InChI is InChI=1S/C23H27FN6O2/c1-16-9-17(11-19(10-16)29-13-20(14-29)28-5-7-32-8-6-28)26-23-25-15-30(27-23)18-3-4-22(31-2)21(24)12-18/h3-4,9-12,15,20H,5-8,13-14H2,1-2H3,(H,26,27). The fourth-order valence-electron chi connectivity index (χ4n) is 4.23. The highest BCUT2D eigenvalue weighted by atomic mass is 19.1. The summed E-state index contributed by atoms with van der Waals surface area (Å²) < 4.78 is 26.0. The van der Waals surface area contributed by atoms with E-state index in [-0.39, 0.29) is 5.75 Å². The van der Waals surface area contributed by atoms with E-state index in [1.807, 2.05) is 0 Å². The molecule has 0 amide bonds. The summed E-state index contributed by atoms with van der Waals surface area (Å²) in [4.78, 5) is 9.24. The second-order valence-corrected chi connectivity index (χ2v) is 8.22. The number of benzene rings is 2. The number of hydrogen-bond donors (Lipinski definition) is 1. The van der Waals surface area contributed by atoms with Crippen molar-refractivity contribution in [3.8, 4) is 11.4 Å². The lowest BCUT2D eigenvalue weighted by Gasteiger charge is -2.47. The Labute approximate surface area is 186 Å². The average molecular weight is 439 g/mol. The fraction of sp³-hybridized carbons (Fsp3) is 0.391. The van der Waals surface area contributed by atoms with Crippen LogP contribution < -0.4 is 15.0 Å². The molecule has 2 aromatic carbocycles. The van der Waals surface area contributed by atoms with Gasteiger partial charge in [-0.05, 0) is 42.8 Å².